The Morgan fingerprint density at radius 3 is 1.83 bits per heavy atom. The van der Waals surface area contributed by atoms with E-state index in [4.69, 9.17) is 0 Å². The molecule has 1 aromatic carbocycles. The molecule has 0 spiro atoms. The fraction of sp³-hybridized carbons (Fsp3) is 0.300. The van der Waals surface area contributed by atoms with Crippen molar-refractivity contribution in [3.63, 3.8) is 0 Å². The molecular weight excluding hydrogens is 706 g/mol. The summed E-state index contributed by atoms with van der Waals surface area (Å²) in [4.78, 5) is 12.0. The number of nitrogens with one attached hydrogen (secondary N) is 1. The minimum Gasteiger partial charge on any atom is -0.743 e. The van der Waals surface area contributed by atoms with E-state index >= 15 is 0 Å². The third-order valence-electron chi connectivity index (χ3n) is 2.51. The maximum absolute atomic E-state index is 13.4. The normalized spacial score (nSPS) is 14.4. The van der Waals surface area contributed by atoms with Crippen LogP contribution in [0.3, 0.4) is 0 Å². The van der Waals surface area contributed by atoms with Crippen molar-refractivity contribution in [2.24, 2.45) is 0 Å². The molecule has 1 rings (SSSR count). The summed E-state index contributed by atoms with van der Waals surface area (Å²) in [6, 6.07) is -1.36. The van der Waals surface area contributed by atoms with Gasteiger partial charge in [0.15, 0.2) is 10.1 Å². The van der Waals surface area contributed by atoms with Crippen LogP contribution >= 0.6 is 67.8 Å². The number of alkyl halides is 5. The average Bonchev–Trinajstić information content (AvgIpc) is 2.31. The van der Waals surface area contributed by atoms with Crippen LogP contribution < -0.4 is 5.32 Å². The number of amides is 1. The Bertz CT molecular complexity index is 745. The first-order valence-corrected chi connectivity index (χ1v) is 10.1. The zero-order valence-electron chi connectivity index (χ0n) is 10.8. The molecule has 1 atom stereocenters. The SMILES string of the molecule is O=C(NC(C(F)(F)F)C(F)(F)S(=O)(=O)[O-])c1c(I)cc(I)cc1I. The number of halogens is 8. The lowest BCUT2D eigenvalue weighted by Gasteiger charge is -2.31. The molecule has 0 aliphatic heterocycles. The topological polar surface area (TPSA) is 86.3 Å². The van der Waals surface area contributed by atoms with Crippen LogP contribution in [0.1, 0.15) is 10.4 Å². The van der Waals surface area contributed by atoms with Crippen molar-refractivity contribution in [3.05, 3.63) is 28.4 Å². The average molecular weight is 710 g/mol. The Morgan fingerprint density at radius 1 is 1.08 bits per heavy atom. The van der Waals surface area contributed by atoms with Gasteiger partial charge in [0, 0.05) is 10.7 Å². The first-order valence-electron chi connectivity index (χ1n) is 5.44. The first-order chi connectivity index (χ1) is 10.6. The lowest BCUT2D eigenvalue weighted by Crippen LogP contribution is -2.59. The summed E-state index contributed by atoms with van der Waals surface area (Å²) >= 11 is 5.10. The Kier molecular flexibility index (Phi) is 7.11. The molecule has 0 saturated heterocycles. The predicted octanol–water partition coefficient (Wildman–Crippen LogP) is 3.30. The van der Waals surface area contributed by atoms with Crippen molar-refractivity contribution >= 4 is 83.8 Å². The molecule has 24 heavy (non-hydrogen) atoms. The van der Waals surface area contributed by atoms with E-state index in [-0.39, 0.29) is 12.7 Å². The summed E-state index contributed by atoms with van der Waals surface area (Å²) in [5.41, 5.74) is -0.343. The van der Waals surface area contributed by atoms with Crippen molar-refractivity contribution in [2.45, 2.75) is 17.5 Å². The van der Waals surface area contributed by atoms with Gasteiger partial charge in [0.25, 0.3) is 5.91 Å². The van der Waals surface area contributed by atoms with E-state index in [0.29, 0.717) is 3.57 Å². The van der Waals surface area contributed by atoms with Crippen LogP contribution in [0.2, 0.25) is 0 Å². The second kappa shape index (κ2) is 7.59. The quantitative estimate of drug-likeness (QED) is 0.296. The van der Waals surface area contributed by atoms with Gasteiger partial charge < -0.3 is 9.87 Å². The zero-order chi connectivity index (χ0) is 19.1. The molecule has 1 aromatic rings. The third kappa shape index (κ3) is 5.00. The number of hydrogen-bond acceptors (Lipinski definition) is 4. The molecule has 14 heteroatoms. The molecule has 0 fully saturated rings. The summed E-state index contributed by atoms with van der Waals surface area (Å²) in [5, 5.41) is -4.85. The molecule has 0 aromatic heterocycles. The number of carbonyl (C=O) groups excluding carboxylic acids is 1. The highest BCUT2D eigenvalue weighted by molar-refractivity contribution is 14.1. The fourth-order valence-electron chi connectivity index (χ4n) is 1.46. The molecule has 1 unspecified atom stereocenters. The van der Waals surface area contributed by atoms with Crippen molar-refractivity contribution in [2.75, 3.05) is 0 Å². The fourth-order valence-corrected chi connectivity index (χ4v) is 6.02. The zero-order valence-corrected chi connectivity index (χ0v) is 18.1. The number of hydrogen-bond donors (Lipinski definition) is 1. The van der Waals surface area contributed by atoms with Gasteiger partial charge >= 0.3 is 11.4 Å². The van der Waals surface area contributed by atoms with E-state index in [1.807, 2.05) is 22.6 Å². The molecule has 136 valence electrons. The van der Waals surface area contributed by atoms with Gasteiger partial charge in [-0.25, -0.2) is 8.42 Å². The molecule has 5 nitrogen and oxygen atoms in total. The van der Waals surface area contributed by atoms with Crippen molar-refractivity contribution in [1.29, 1.82) is 0 Å². The van der Waals surface area contributed by atoms with Crippen LogP contribution in [0.5, 0.6) is 0 Å². The monoisotopic (exact) mass is 710 g/mol. The summed E-state index contributed by atoms with van der Waals surface area (Å²) in [5.74, 6) is -1.58. The van der Waals surface area contributed by atoms with Gasteiger partial charge in [-0.2, -0.15) is 22.0 Å². The van der Waals surface area contributed by atoms with Crippen LogP contribution in [-0.2, 0) is 10.1 Å². The molecule has 0 radical (unpaired) electrons. The van der Waals surface area contributed by atoms with Gasteiger partial charge in [0.1, 0.15) is 0 Å². The largest absolute Gasteiger partial charge is 0.743 e. The molecule has 1 amide bonds. The van der Waals surface area contributed by atoms with E-state index in [0.717, 1.165) is 5.32 Å². The summed E-state index contributed by atoms with van der Waals surface area (Å²) < 4.78 is 97.5. The lowest BCUT2D eigenvalue weighted by atomic mass is 10.2. The minimum absolute atomic E-state index is 0.163. The van der Waals surface area contributed by atoms with Crippen molar-refractivity contribution in [3.8, 4) is 0 Å². The lowest BCUT2D eigenvalue weighted by molar-refractivity contribution is -0.191. The molecule has 0 bridgehead atoms. The number of rotatable bonds is 4. The first kappa shape index (κ1) is 22.5. The number of benzene rings is 1. The Morgan fingerprint density at radius 2 is 1.50 bits per heavy atom. The van der Waals surface area contributed by atoms with Gasteiger partial charge in [-0.05, 0) is 79.9 Å². The van der Waals surface area contributed by atoms with Gasteiger partial charge in [0.05, 0.1) is 5.56 Å². The van der Waals surface area contributed by atoms with Gasteiger partial charge in [-0.3, -0.25) is 4.79 Å². The highest BCUT2D eigenvalue weighted by Gasteiger charge is 2.60. The van der Waals surface area contributed by atoms with Crippen LogP contribution in [-0.4, -0.2) is 36.4 Å². The molecule has 1 N–H and O–H groups in total. The van der Waals surface area contributed by atoms with E-state index in [1.54, 1.807) is 45.2 Å². The summed E-state index contributed by atoms with van der Waals surface area (Å²) in [7, 11) is -6.66. The summed E-state index contributed by atoms with van der Waals surface area (Å²) in [6.07, 6.45) is -5.86. The second-order valence-electron chi connectivity index (χ2n) is 4.21. The Labute approximate surface area is 173 Å². The highest BCUT2D eigenvalue weighted by Crippen LogP contribution is 2.36. The maximum Gasteiger partial charge on any atom is 0.415 e. The van der Waals surface area contributed by atoms with Gasteiger partial charge in [0.2, 0.25) is 6.04 Å². The van der Waals surface area contributed by atoms with Gasteiger partial charge in [-0.15, -0.1) is 0 Å². The predicted molar refractivity (Wildman–Crippen MR) is 96.5 cm³/mol. The van der Waals surface area contributed by atoms with E-state index in [1.165, 1.54) is 12.1 Å². The van der Waals surface area contributed by atoms with Crippen molar-refractivity contribution < 1.29 is 39.7 Å². The van der Waals surface area contributed by atoms with Crippen LogP contribution in [0.15, 0.2) is 12.1 Å². The van der Waals surface area contributed by atoms with Crippen LogP contribution in [0.25, 0.3) is 0 Å². The molecule has 0 heterocycles. The van der Waals surface area contributed by atoms with E-state index in [2.05, 4.69) is 0 Å². The Balaban J connectivity index is 3.35. The molecule has 0 saturated carbocycles. The van der Waals surface area contributed by atoms with Crippen LogP contribution in [0, 0.1) is 10.7 Å². The molecule has 0 aliphatic rings. The highest BCUT2D eigenvalue weighted by atomic mass is 127. The van der Waals surface area contributed by atoms with Crippen LogP contribution in [0.4, 0.5) is 22.0 Å². The minimum atomic E-state index is -6.66. The van der Waals surface area contributed by atoms with E-state index < -0.39 is 33.5 Å². The number of carbonyl (C=O) groups is 1. The van der Waals surface area contributed by atoms with E-state index in [9.17, 15) is 39.7 Å². The standard InChI is InChI=1S/C10H5F5I3NO4S/c11-9(12,13)8(10(14,15)24(21,22)23)19-7(20)6-4(17)1-3(16)2-5(6)18/h1-2,8H,(H,19,20)(H,21,22,23)/p-1. The smallest absolute Gasteiger partial charge is 0.415 e. The summed E-state index contributed by atoms with van der Waals surface area (Å²) in [6.45, 7) is 0. The Hall–Kier alpha value is 0.440. The van der Waals surface area contributed by atoms with Gasteiger partial charge in [-0.1, -0.05) is 0 Å². The second-order valence-corrected chi connectivity index (χ2v) is 9.23. The molecule has 0 aliphatic carbocycles. The third-order valence-corrected chi connectivity index (χ3v) is 5.73. The van der Waals surface area contributed by atoms with Crippen molar-refractivity contribution in [1.82, 2.24) is 5.32 Å². The molecular formula is C10H4F5I3NO4S-. The maximum atomic E-state index is 13.4.